The number of carbonyl (C=O) groups is 1. The molecule has 0 bridgehead atoms. The Kier molecular flexibility index (Phi) is 1.47. The van der Waals surface area contributed by atoms with Gasteiger partial charge in [-0.15, -0.1) is 0 Å². The molecule has 0 saturated heterocycles. The minimum atomic E-state index is -1.01. The van der Waals surface area contributed by atoms with E-state index in [4.69, 9.17) is 9.84 Å². The molecule has 0 fully saturated rings. The Hall–Kier alpha value is -1.36. The molecule has 0 aliphatic carbocycles. The zero-order valence-electron chi connectivity index (χ0n) is 7.42. The summed E-state index contributed by atoms with van der Waals surface area (Å²) in [6.07, 6.45) is 0. The van der Waals surface area contributed by atoms with Crippen molar-refractivity contribution in [3.63, 3.8) is 0 Å². The van der Waals surface area contributed by atoms with Crippen LogP contribution in [0.5, 0.6) is 0 Å². The number of ether oxygens (including phenoxy) is 1. The van der Waals surface area contributed by atoms with Gasteiger partial charge in [-0.2, -0.15) is 5.10 Å². The molecule has 2 heterocycles. The van der Waals surface area contributed by atoms with Gasteiger partial charge in [-0.25, -0.2) is 4.79 Å². The maximum atomic E-state index is 10.7. The highest BCUT2D eigenvalue weighted by molar-refractivity contribution is 5.87. The molecule has 0 atom stereocenters. The fraction of sp³-hybridized carbons (Fsp3) is 0.500. The molecule has 1 aromatic heterocycles. The van der Waals surface area contributed by atoms with Gasteiger partial charge in [-0.05, 0) is 13.8 Å². The lowest BCUT2D eigenvalue weighted by Gasteiger charge is -2.15. The second-order valence-corrected chi connectivity index (χ2v) is 3.53. The summed E-state index contributed by atoms with van der Waals surface area (Å²) in [6.45, 7) is 4.08. The van der Waals surface area contributed by atoms with E-state index in [1.807, 2.05) is 13.8 Å². The van der Waals surface area contributed by atoms with Crippen molar-refractivity contribution in [2.45, 2.75) is 26.1 Å². The van der Waals surface area contributed by atoms with Crippen LogP contribution in [0.25, 0.3) is 0 Å². The molecule has 70 valence electrons. The molecule has 0 unspecified atom stereocenters. The van der Waals surface area contributed by atoms with Gasteiger partial charge in [0.1, 0.15) is 5.60 Å². The lowest BCUT2D eigenvalue weighted by atomic mass is 10.0. The summed E-state index contributed by atoms with van der Waals surface area (Å²) >= 11 is 0. The number of carboxylic acid groups (broad SMARTS) is 1. The average Bonchev–Trinajstić information content (AvgIpc) is 2.52. The zero-order chi connectivity index (χ0) is 9.64. The van der Waals surface area contributed by atoms with E-state index in [-0.39, 0.29) is 5.69 Å². The zero-order valence-corrected chi connectivity index (χ0v) is 7.42. The SMILES string of the molecule is CC1(C)OCc2c(C(=O)O)n[nH]c21. The van der Waals surface area contributed by atoms with Crippen molar-refractivity contribution in [1.82, 2.24) is 10.2 Å². The first-order valence-electron chi connectivity index (χ1n) is 3.97. The maximum absolute atomic E-state index is 10.7. The predicted octanol–water partition coefficient (Wildman–Crippen LogP) is 0.873. The van der Waals surface area contributed by atoms with Gasteiger partial charge in [0.2, 0.25) is 0 Å². The van der Waals surface area contributed by atoms with Gasteiger partial charge in [0.15, 0.2) is 5.69 Å². The Morgan fingerprint density at radius 3 is 3.00 bits per heavy atom. The molecule has 2 N–H and O–H groups in total. The Morgan fingerprint density at radius 2 is 2.38 bits per heavy atom. The van der Waals surface area contributed by atoms with Crippen LogP contribution in [0.2, 0.25) is 0 Å². The van der Waals surface area contributed by atoms with Crippen LogP contribution in [-0.2, 0) is 16.9 Å². The van der Waals surface area contributed by atoms with Crippen molar-refractivity contribution in [1.29, 1.82) is 0 Å². The van der Waals surface area contributed by atoms with Gasteiger partial charge >= 0.3 is 5.97 Å². The van der Waals surface area contributed by atoms with E-state index < -0.39 is 11.6 Å². The number of aromatic carboxylic acids is 1. The van der Waals surface area contributed by atoms with Crippen molar-refractivity contribution in [2.24, 2.45) is 0 Å². The van der Waals surface area contributed by atoms with E-state index in [0.717, 1.165) is 5.69 Å². The van der Waals surface area contributed by atoms with E-state index >= 15 is 0 Å². The lowest BCUT2D eigenvalue weighted by Crippen LogP contribution is -2.15. The second kappa shape index (κ2) is 2.32. The second-order valence-electron chi connectivity index (χ2n) is 3.53. The van der Waals surface area contributed by atoms with Gasteiger partial charge < -0.3 is 9.84 Å². The highest BCUT2D eigenvalue weighted by Gasteiger charge is 2.36. The normalized spacial score (nSPS) is 18.6. The molecule has 0 amide bonds. The van der Waals surface area contributed by atoms with E-state index in [2.05, 4.69) is 10.2 Å². The quantitative estimate of drug-likeness (QED) is 0.675. The topological polar surface area (TPSA) is 75.2 Å². The van der Waals surface area contributed by atoms with Gasteiger partial charge in [-0.1, -0.05) is 0 Å². The summed E-state index contributed by atoms with van der Waals surface area (Å²) in [6, 6.07) is 0. The van der Waals surface area contributed by atoms with Gasteiger partial charge in [0.25, 0.3) is 0 Å². The Bertz CT molecular complexity index is 367. The third kappa shape index (κ3) is 1.04. The molecule has 13 heavy (non-hydrogen) atoms. The molecule has 5 nitrogen and oxygen atoms in total. The number of hydrogen-bond acceptors (Lipinski definition) is 3. The summed E-state index contributed by atoms with van der Waals surface area (Å²) < 4.78 is 5.41. The molecule has 1 aliphatic heterocycles. The highest BCUT2D eigenvalue weighted by atomic mass is 16.5. The van der Waals surface area contributed by atoms with Crippen LogP contribution >= 0.6 is 0 Å². The Morgan fingerprint density at radius 1 is 1.69 bits per heavy atom. The first-order chi connectivity index (χ1) is 6.02. The van der Waals surface area contributed by atoms with Gasteiger partial charge in [0.05, 0.1) is 12.3 Å². The molecule has 1 aliphatic rings. The first-order valence-corrected chi connectivity index (χ1v) is 3.97. The van der Waals surface area contributed by atoms with Crippen LogP contribution in [0.15, 0.2) is 0 Å². The summed E-state index contributed by atoms with van der Waals surface area (Å²) in [5.74, 6) is -1.01. The van der Waals surface area contributed by atoms with Crippen molar-refractivity contribution < 1.29 is 14.6 Å². The number of aromatic nitrogens is 2. The molecular formula is C8H10N2O3. The fourth-order valence-corrected chi connectivity index (χ4v) is 1.51. The van der Waals surface area contributed by atoms with Crippen LogP contribution in [0.3, 0.4) is 0 Å². The number of fused-ring (bicyclic) bond motifs is 1. The van der Waals surface area contributed by atoms with Gasteiger partial charge in [-0.3, -0.25) is 5.10 Å². The smallest absolute Gasteiger partial charge is 0.356 e. The molecule has 0 aromatic carbocycles. The van der Waals surface area contributed by atoms with Crippen molar-refractivity contribution in [2.75, 3.05) is 0 Å². The number of carboxylic acids is 1. The monoisotopic (exact) mass is 182 g/mol. The molecule has 0 spiro atoms. The van der Waals surface area contributed by atoms with Crippen LogP contribution in [0.4, 0.5) is 0 Å². The van der Waals surface area contributed by atoms with Crippen LogP contribution < -0.4 is 0 Å². The Labute approximate surface area is 74.7 Å². The summed E-state index contributed by atoms with van der Waals surface area (Å²) in [4.78, 5) is 10.7. The Balaban J connectivity index is 2.54. The van der Waals surface area contributed by atoms with Crippen LogP contribution in [-0.4, -0.2) is 21.3 Å². The number of aromatic amines is 1. The molecule has 5 heteroatoms. The van der Waals surface area contributed by atoms with Crippen molar-refractivity contribution in [3.05, 3.63) is 17.0 Å². The third-order valence-electron chi connectivity index (χ3n) is 2.25. The average molecular weight is 182 g/mol. The molecule has 1 aromatic rings. The van der Waals surface area contributed by atoms with E-state index in [9.17, 15) is 4.79 Å². The number of nitrogens with one attached hydrogen (secondary N) is 1. The molecular weight excluding hydrogens is 172 g/mol. The molecule has 2 rings (SSSR count). The minimum Gasteiger partial charge on any atom is -0.476 e. The van der Waals surface area contributed by atoms with E-state index in [0.29, 0.717) is 12.2 Å². The van der Waals surface area contributed by atoms with E-state index in [1.165, 1.54) is 0 Å². The summed E-state index contributed by atoms with van der Waals surface area (Å²) in [7, 11) is 0. The predicted molar refractivity (Wildman–Crippen MR) is 43.4 cm³/mol. The third-order valence-corrected chi connectivity index (χ3v) is 2.25. The number of H-pyrrole nitrogens is 1. The summed E-state index contributed by atoms with van der Waals surface area (Å²) in [5.41, 5.74) is 1.05. The van der Waals surface area contributed by atoms with Crippen molar-refractivity contribution in [3.8, 4) is 0 Å². The van der Waals surface area contributed by atoms with Crippen molar-refractivity contribution >= 4 is 5.97 Å². The standard InChI is InChI=1S/C8H10N2O3/c1-8(2)6-4(3-13-8)5(7(11)12)9-10-6/h3H2,1-2H3,(H,9,10)(H,11,12). The number of nitrogens with zero attached hydrogens (tertiary/aromatic N) is 1. The lowest BCUT2D eigenvalue weighted by molar-refractivity contribution is -0.0116. The molecule has 0 saturated carbocycles. The maximum Gasteiger partial charge on any atom is 0.356 e. The first kappa shape index (κ1) is 8.25. The highest BCUT2D eigenvalue weighted by Crippen LogP contribution is 2.35. The summed E-state index contributed by atoms with van der Waals surface area (Å²) in [5, 5.41) is 15.2. The van der Waals surface area contributed by atoms with Gasteiger partial charge in [0, 0.05) is 5.56 Å². The fourth-order valence-electron chi connectivity index (χ4n) is 1.51. The van der Waals surface area contributed by atoms with E-state index in [1.54, 1.807) is 0 Å². The largest absolute Gasteiger partial charge is 0.476 e. The minimum absolute atomic E-state index is 0.0700. The van der Waals surface area contributed by atoms with Crippen LogP contribution in [0, 0.1) is 0 Å². The molecule has 0 radical (unpaired) electrons. The number of hydrogen-bond donors (Lipinski definition) is 2. The number of rotatable bonds is 1. The van der Waals surface area contributed by atoms with Crippen LogP contribution in [0.1, 0.15) is 35.6 Å².